The van der Waals surface area contributed by atoms with Gasteiger partial charge in [-0.25, -0.2) is 0 Å². The van der Waals surface area contributed by atoms with Crippen molar-refractivity contribution in [3.63, 3.8) is 0 Å². The fourth-order valence-electron chi connectivity index (χ4n) is 3.60. The quantitative estimate of drug-likeness (QED) is 0.900. The molecule has 3 atom stereocenters. The molecule has 2 aliphatic heterocycles. The fourth-order valence-corrected chi connectivity index (χ4v) is 3.60. The number of nitrogens with one attached hydrogen (secondary N) is 1. The second-order valence-electron chi connectivity index (χ2n) is 7.05. The first-order valence-electron chi connectivity index (χ1n) is 8.42. The first-order chi connectivity index (χ1) is 10.3. The zero-order valence-corrected chi connectivity index (χ0v) is 12.8. The van der Waals surface area contributed by atoms with Crippen LogP contribution in [0.1, 0.15) is 44.1 Å². The van der Waals surface area contributed by atoms with E-state index in [9.17, 15) is 0 Å². The summed E-state index contributed by atoms with van der Waals surface area (Å²) in [5.41, 5.74) is 1.23. The van der Waals surface area contributed by atoms with Crippen molar-refractivity contribution in [2.24, 2.45) is 5.92 Å². The molecular formula is C18H25NO2. The maximum atomic E-state index is 6.31. The van der Waals surface area contributed by atoms with Gasteiger partial charge in [0.15, 0.2) is 11.5 Å². The Bertz CT molecular complexity index is 500. The number of hydrogen-bond donors (Lipinski definition) is 1. The van der Waals surface area contributed by atoms with Gasteiger partial charge in [-0.15, -0.1) is 0 Å². The monoisotopic (exact) mass is 287 g/mol. The summed E-state index contributed by atoms with van der Waals surface area (Å²) >= 11 is 0. The van der Waals surface area contributed by atoms with E-state index in [2.05, 4.69) is 30.4 Å². The van der Waals surface area contributed by atoms with Crippen LogP contribution in [0.4, 0.5) is 0 Å². The Labute approximate surface area is 127 Å². The molecule has 0 radical (unpaired) electrons. The van der Waals surface area contributed by atoms with E-state index >= 15 is 0 Å². The number of rotatable bonds is 5. The number of fused-ring (bicyclic) bond motifs is 2. The summed E-state index contributed by atoms with van der Waals surface area (Å²) in [5.74, 6) is 2.65. The highest BCUT2D eigenvalue weighted by atomic mass is 16.5. The minimum atomic E-state index is 0.342. The standard InChI is InChI=1S/C18H25NO2/c1-12-2-7-17(18(8-12)20-11-13-3-4-13)21-16-9-14-5-6-15(10-16)19-14/h2,7-8,13-16,19H,3-6,9-11H2,1H3/t14-,15+,16+. The zero-order valence-electron chi connectivity index (χ0n) is 12.8. The highest BCUT2D eigenvalue weighted by Gasteiger charge is 2.34. The van der Waals surface area contributed by atoms with Crippen molar-refractivity contribution in [2.45, 2.75) is 63.6 Å². The molecule has 3 heteroatoms. The molecule has 3 aliphatic rings. The fraction of sp³-hybridized carbons (Fsp3) is 0.667. The summed E-state index contributed by atoms with van der Waals surface area (Å²) in [6.07, 6.45) is 7.86. The molecular weight excluding hydrogens is 262 g/mol. The summed E-state index contributed by atoms with van der Waals surface area (Å²) in [6, 6.07) is 7.65. The van der Waals surface area contributed by atoms with Crippen LogP contribution in [0.3, 0.4) is 0 Å². The van der Waals surface area contributed by atoms with Gasteiger partial charge in [-0.3, -0.25) is 0 Å². The summed E-state index contributed by atoms with van der Waals surface area (Å²) in [7, 11) is 0. The highest BCUT2D eigenvalue weighted by Crippen LogP contribution is 2.36. The van der Waals surface area contributed by atoms with E-state index in [-0.39, 0.29) is 0 Å². The third kappa shape index (κ3) is 3.18. The van der Waals surface area contributed by atoms with Crippen LogP contribution in [0.15, 0.2) is 18.2 Å². The third-order valence-corrected chi connectivity index (χ3v) is 4.99. The van der Waals surface area contributed by atoms with Gasteiger partial charge >= 0.3 is 0 Å². The van der Waals surface area contributed by atoms with Gasteiger partial charge in [0.25, 0.3) is 0 Å². The van der Waals surface area contributed by atoms with Gasteiger partial charge in [0.05, 0.1) is 6.61 Å². The van der Waals surface area contributed by atoms with Crippen molar-refractivity contribution in [3.8, 4) is 11.5 Å². The average Bonchev–Trinajstić information content (AvgIpc) is 3.24. The van der Waals surface area contributed by atoms with Crippen LogP contribution in [0, 0.1) is 12.8 Å². The zero-order chi connectivity index (χ0) is 14.2. The smallest absolute Gasteiger partial charge is 0.161 e. The van der Waals surface area contributed by atoms with Crippen LogP contribution in [0.2, 0.25) is 0 Å². The van der Waals surface area contributed by atoms with E-state index < -0.39 is 0 Å². The average molecular weight is 287 g/mol. The topological polar surface area (TPSA) is 30.5 Å². The van der Waals surface area contributed by atoms with Gasteiger partial charge in [0.1, 0.15) is 6.10 Å². The normalized spacial score (nSPS) is 31.2. The molecule has 1 saturated carbocycles. The predicted molar refractivity (Wildman–Crippen MR) is 83.0 cm³/mol. The number of piperidine rings is 1. The second kappa shape index (κ2) is 5.53. The predicted octanol–water partition coefficient (Wildman–Crippen LogP) is 3.45. The van der Waals surface area contributed by atoms with E-state index in [1.54, 1.807) is 0 Å². The summed E-state index contributed by atoms with van der Waals surface area (Å²) < 4.78 is 12.3. The van der Waals surface area contributed by atoms with E-state index in [1.165, 1.54) is 31.2 Å². The van der Waals surface area contributed by atoms with E-state index in [0.29, 0.717) is 18.2 Å². The van der Waals surface area contributed by atoms with Gasteiger partial charge in [-0.1, -0.05) is 6.07 Å². The number of ether oxygens (including phenoxy) is 2. The molecule has 0 unspecified atom stereocenters. The van der Waals surface area contributed by atoms with Crippen LogP contribution in [0.5, 0.6) is 11.5 Å². The van der Waals surface area contributed by atoms with Gasteiger partial charge in [-0.05, 0) is 69.1 Å². The molecule has 21 heavy (non-hydrogen) atoms. The summed E-state index contributed by atoms with van der Waals surface area (Å²) in [4.78, 5) is 0. The minimum Gasteiger partial charge on any atom is -0.489 e. The Hall–Kier alpha value is -1.22. The molecule has 1 aliphatic carbocycles. The number of aryl methyl sites for hydroxylation is 1. The first-order valence-corrected chi connectivity index (χ1v) is 8.42. The Morgan fingerprint density at radius 3 is 2.52 bits per heavy atom. The van der Waals surface area contributed by atoms with Crippen molar-refractivity contribution in [1.82, 2.24) is 5.32 Å². The number of benzene rings is 1. The Morgan fingerprint density at radius 1 is 1.05 bits per heavy atom. The molecule has 0 amide bonds. The largest absolute Gasteiger partial charge is 0.489 e. The van der Waals surface area contributed by atoms with E-state index in [4.69, 9.17) is 9.47 Å². The molecule has 2 saturated heterocycles. The van der Waals surface area contributed by atoms with Crippen LogP contribution < -0.4 is 14.8 Å². The molecule has 0 aromatic heterocycles. The summed E-state index contributed by atoms with van der Waals surface area (Å²) in [5, 5.41) is 3.67. The van der Waals surface area contributed by atoms with Crippen LogP contribution in [-0.4, -0.2) is 24.8 Å². The second-order valence-corrected chi connectivity index (χ2v) is 7.05. The van der Waals surface area contributed by atoms with Gasteiger partial charge in [0, 0.05) is 12.1 Å². The molecule has 1 N–H and O–H groups in total. The molecule has 2 bridgehead atoms. The molecule has 4 rings (SSSR count). The first kappa shape index (κ1) is 13.4. The molecule has 3 nitrogen and oxygen atoms in total. The van der Waals surface area contributed by atoms with E-state index in [0.717, 1.165) is 36.9 Å². The van der Waals surface area contributed by atoms with Crippen molar-refractivity contribution in [1.29, 1.82) is 0 Å². The van der Waals surface area contributed by atoms with Crippen LogP contribution >= 0.6 is 0 Å². The Morgan fingerprint density at radius 2 is 1.81 bits per heavy atom. The molecule has 114 valence electrons. The van der Waals surface area contributed by atoms with Gasteiger partial charge < -0.3 is 14.8 Å². The lowest BCUT2D eigenvalue weighted by atomic mass is 10.0. The minimum absolute atomic E-state index is 0.342. The maximum Gasteiger partial charge on any atom is 0.161 e. The molecule has 2 heterocycles. The lowest BCUT2D eigenvalue weighted by Gasteiger charge is -2.30. The van der Waals surface area contributed by atoms with Crippen molar-refractivity contribution in [3.05, 3.63) is 23.8 Å². The van der Waals surface area contributed by atoms with Crippen molar-refractivity contribution >= 4 is 0 Å². The lowest BCUT2D eigenvalue weighted by molar-refractivity contribution is 0.130. The van der Waals surface area contributed by atoms with E-state index in [1.807, 2.05) is 0 Å². The third-order valence-electron chi connectivity index (χ3n) is 4.99. The van der Waals surface area contributed by atoms with Crippen molar-refractivity contribution in [2.75, 3.05) is 6.61 Å². The van der Waals surface area contributed by atoms with Gasteiger partial charge in [-0.2, -0.15) is 0 Å². The maximum absolute atomic E-state index is 6.31. The van der Waals surface area contributed by atoms with Gasteiger partial charge in [0.2, 0.25) is 0 Å². The number of hydrogen-bond acceptors (Lipinski definition) is 3. The molecule has 3 fully saturated rings. The molecule has 0 spiro atoms. The lowest BCUT2D eigenvalue weighted by Crippen LogP contribution is -2.42. The van der Waals surface area contributed by atoms with Crippen LogP contribution in [-0.2, 0) is 0 Å². The summed E-state index contributed by atoms with van der Waals surface area (Å²) in [6.45, 7) is 2.95. The highest BCUT2D eigenvalue weighted by molar-refractivity contribution is 5.42. The van der Waals surface area contributed by atoms with Crippen molar-refractivity contribution < 1.29 is 9.47 Å². The SMILES string of the molecule is Cc1ccc(O[C@H]2C[C@H]3CC[C@@H](C2)N3)c(OCC2CC2)c1. The molecule has 1 aromatic rings. The Balaban J connectivity index is 1.45. The molecule has 1 aromatic carbocycles. The Kier molecular flexibility index (Phi) is 3.54. The van der Waals surface area contributed by atoms with Crippen LogP contribution in [0.25, 0.3) is 0 Å².